The highest BCUT2D eigenvalue weighted by molar-refractivity contribution is 5.78. The van der Waals surface area contributed by atoms with Gasteiger partial charge in [-0.2, -0.15) is 0 Å². The van der Waals surface area contributed by atoms with Gasteiger partial charge in [-0.3, -0.25) is 14.6 Å². The molecule has 0 atom stereocenters. The van der Waals surface area contributed by atoms with Gasteiger partial charge in [0.15, 0.2) is 0 Å². The summed E-state index contributed by atoms with van der Waals surface area (Å²) in [5.74, 6) is 0.332. The maximum absolute atomic E-state index is 12.7. The van der Waals surface area contributed by atoms with Gasteiger partial charge in [-0.1, -0.05) is 48.5 Å². The number of nitrogens with zero attached hydrogens (tertiary/aromatic N) is 2. The molecule has 31 heavy (non-hydrogen) atoms. The van der Waals surface area contributed by atoms with Crippen LogP contribution in [-0.4, -0.2) is 55.1 Å². The van der Waals surface area contributed by atoms with E-state index in [2.05, 4.69) is 70.6 Å². The van der Waals surface area contributed by atoms with Gasteiger partial charge in [0.2, 0.25) is 5.91 Å². The molecule has 2 aromatic rings. The van der Waals surface area contributed by atoms with E-state index in [-0.39, 0.29) is 11.8 Å². The minimum atomic E-state index is 0.129. The molecule has 2 heterocycles. The van der Waals surface area contributed by atoms with E-state index in [9.17, 15) is 4.79 Å². The first-order valence-electron chi connectivity index (χ1n) is 11.6. The van der Waals surface area contributed by atoms with Gasteiger partial charge >= 0.3 is 0 Å². The smallest absolute Gasteiger partial charge is 0.223 e. The van der Waals surface area contributed by atoms with Gasteiger partial charge < -0.3 is 10.1 Å². The molecular weight excluding hydrogens is 386 g/mol. The molecule has 2 aliphatic heterocycles. The lowest BCUT2D eigenvalue weighted by atomic mass is 9.95. The number of carbonyl (C=O) groups is 1. The second kappa shape index (κ2) is 10.9. The summed E-state index contributed by atoms with van der Waals surface area (Å²) in [5.41, 5.74) is 5.22. The number of aryl methyl sites for hydroxylation is 1. The SMILES string of the molecule is Cc1ccccc1CN1CCC(C(=O)NCc2cccc(CN3CCOCC3)c2)CC1. The summed E-state index contributed by atoms with van der Waals surface area (Å²) in [7, 11) is 0. The first-order chi connectivity index (χ1) is 15.2. The molecule has 1 N–H and O–H groups in total. The van der Waals surface area contributed by atoms with Gasteiger partial charge in [-0.05, 0) is 55.1 Å². The van der Waals surface area contributed by atoms with E-state index in [4.69, 9.17) is 4.74 Å². The first-order valence-corrected chi connectivity index (χ1v) is 11.6. The average molecular weight is 422 g/mol. The Labute approximate surface area is 186 Å². The van der Waals surface area contributed by atoms with Crippen LogP contribution in [0.15, 0.2) is 48.5 Å². The standard InChI is InChI=1S/C26H35N3O2/c1-21-5-2-3-8-25(21)20-28-11-9-24(10-12-28)26(30)27-18-22-6-4-7-23(17-22)19-29-13-15-31-16-14-29/h2-8,17,24H,9-16,18-20H2,1H3,(H,27,30). The third-order valence-corrected chi connectivity index (χ3v) is 6.58. The van der Waals surface area contributed by atoms with Crippen LogP contribution >= 0.6 is 0 Å². The number of piperidine rings is 1. The highest BCUT2D eigenvalue weighted by atomic mass is 16.5. The van der Waals surface area contributed by atoms with Crippen LogP contribution in [0.4, 0.5) is 0 Å². The largest absolute Gasteiger partial charge is 0.379 e. The molecule has 2 fully saturated rings. The van der Waals surface area contributed by atoms with Crippen molar-refractivity contribution in [2.75, 3.05) is 39.4 Å². The third kappa shape index (κ3) is 6.39. The number of ether oxygens (including phenoxy) is 1. The summed E-state index contributed by atoms with van der Waals surface area (Å²) in [6, 6.07) is 17.2. The van der Waals surface area contributed by atoms with Crippen LogP contribution in [0.25, 0.3) is 0 Å². The lowest BCUT2D eigenvalue weighted by Crippen LogP contribution is -2.40. The summed E-state index contributed by atoms with van der Waals surface area (Å²) in [5, 5.41) is 3.18. The molecule has 0 bridgehead atoms. The molecule has 2 saturated heterocycles. The van der Waals surface area contributed by atoms with E-state index >= 15 is 0 Å². The van der Waals surface area contributed by atoms with Crippen molar-refractivity contribution in [3.63, 3.8) is 0 Å². The number of nitrogens with one attached hydrogen (secondary N) is 1. The Morgan fingerprint density at radius 3 is 2.42 bits per heavy atom. The minimum Gasteiger partial charge on any atom is -0.379 e. The molecule has 166 valence electrons. The molecule has 0 radical (unpaired) electrons. The molecule has 0 saturated carbocycles. The molecule has 2 aromatic carbocycles. The van der Waals surface area contributed by atoms with Crippen LogP contribution in [0.3, 0.4) is 0 Å². The highest BCUT2D eigenvalue weighted by Crippen LogP contribution is 2.20. The quantitative estimate of drug-likeness (QED) is 0.745. The van der Waals surface area contributed by atoms with E-state index in [1.54, 1.807) is 0 Å². The summed E-state index contributed by atoms with van der Waals surface area (Å²) < 4.78 is 5.43. The van der Waals surface area contributed by atoms with Crippen molar-refractivity contribution < 1.29 is 9.53 Å². The molecule has 0 spiro atoms. The summed E-state index contributed by atoms with van der Waals surface area (Å²) in [4.78, 5) is 17.6. The van der Waals surface area contributed by atoms with Crippen molar-refractivity contribution in [1.29, 1.82) is 0 Å². The average Bonchev–Trinajstić information content (AvgIpc) is 2.80. The van der Waals surface area contributed by atoms with E-state index in [0.29, 0.717) is 6.54 Å². The van der Waals surface area contributed by atoms with E-state index < -0.39 is 0 Å². The van der Waals surface area contributed by atoms with Crippen molar-refractivity contribution in [3.05, 3.63) is 70.8 Å². The van der Waals surface area contributed by atoms with Gasteiger partial charge in [-0.25, -0.2) is 0 Å². The molecule has 2 aliphatic rings. The Hall–Kier alpha value is -2.21. The monoisotopic (exact) mass is 421 g/mol. The number of morpholine rings is 1. The van der Waals surface area contributed by atoms with Crippen LogP contribution in [0.2, 0.25) is 0 Å². The Morgan fingerprint density at radius 2 is 1.65 bits per heavy atom. The number of hydrogen-bond donors (Lipinski definition) is 1. The Balaban J connectivity index is 1.21. The summed E-state index contributed by atoms with van der Waals surface area (Å²) in [6.45, 7) is 10.3. The lowest BCUT2D eigenvalue weighted by Gasteiger charge is -2.31. The maximum Gasteiger partial charge on any atom is 0.223 e. The lowest BCUT2D eigenvalue weighted by molar-refractivity contribution is -0.126. The molecular formula is C26H35N3O2. The fourth-order valence-electron chi connectivity index (χ4n) is 4.57. The van der Waals surface area contributed by atoms with E-state index in [1.165, 1.54) is 22.3 Å². The number of hydrogen-bond acceptors (Lipinski definition) is 4. The predicted octanol–water partition coefficient (Wildman–Crippen LogP) is 3.36. The Kier molecular flexibility index (Phi) is 7.73. The van der Waals surface area contributed by atoms with Crippen LogP contribution in [0.5, 0.6) is 0 Å². The zero-order chi connectivity index (χ0) is 21.5. The van der Waals surface area contributed by atoms with Crippen LogP contribution < -0.4 is 5.32 Å². The van der Waals surface area contributed by atoms with Gasteiger partial charge in [-0.15, -0.1) is 0 Å². The number of benzene rings is 2. The van der Waals surface area contributed by atoms with Gasteiger partial charge in [0.25, 0.3) is 0 Å². The molecule has 4 rings (SSSR count). The second-order valence-corrected chi connectivity index (χ2v) is 8.90. The van der Waals surface area contributed by atoms with Crippen molar-refractivity contribution >= 4 is 5.91 Å². The number of amides is 1. The number of rotatable bonds is 7. The zero-order valence-corrected chi connectivity index (χ0v) is 18.7. The minimum absolute atomic E-state index is 0.129. The molecule has 5 heteroatoms. The van der Waals surface area contributed by atoms with Crippen LogP contribution in [-0.2, 0) is 29.2 Å². The van der Waals surface area contributed by atoms with Crippen molar-refractivity contribution in [3.8, 4) is 0 Å². The van der Waals surface area contributed by atoms with Crippen LogP contribution in [0, 0.1) is 12.8 Å². The summed E-state index contributed by atoms with van der Waals surface area (Å²) in [6.07, 6.45) is 1.88. The predicted molar refractivity (Wildman–Crippen MR) is 124 cm³/mol. The van der Waals surface area contributed by atoms with E-state index in [1.807, 2.05) is 0 Å². The van der Waals surface area contributed by atoms with Crippen molar-refractivity contribution in [1.82, 2.24) is 15.1 Å². The molecule has 5 nitrogen and oxygen atoms in total. The van der Waals surface area contributed by atoms with Crippen molar-refractivity contribution in [2.45, 2.75) is 39.4 Å². The number of carbonyl (C=O) groups excluding carboxylic acids is 1. The molecule has 0 unspecified atom stereocenters. The van der Waals surface area contributed by atoms with Crippen LogP contribution in [0.1, 0.15) is 35.1 Å². The van der Waals surface area contributed by atoms with Gasteiger partial charge in [0.05, 0.1) is 13.2 Å². The molecule has 0 aliphatic carbocycles. The Bertz CT molecular complexity index is 855. The van der Waals surface area contributed by atoms with E-state index in [0.717, 1.165) is 65.3 Å². The molecule has 1 amide bonds. The summed E-state index contributed by atoms with van der Waals surface area (Å²) >= 11 is 0. The Morgan fingerprint density at radius 1 is 0.935 bits per heavy atom. The maximum atomic E-state index is 12.7. The zero-order valence-electron chi connectivity index (χ0n) is 18.7. The molecule has 0 aromatic heterocycles. The van der Waals surface area contributed by atoms with Crippen molar-refractivity contribution in [2.24, 2.45) is 5.92 Å². The second-order valence-electron chi connectivity index (χ2n) is 8.90. The normalized spacial score (nSPS) is 18.7. The first kappa shape index (κ1) is 22.0. The van der Waals surface area contributed by atoms with Gasteiger partial charge in [0.1, 0.15) is 0 Å². The number of likely N-dealkylation sites (tertiary alicyclic amines) is 1. The highest BCUT2D eigenvalue weighted by Gasteiger charge is 2.25. The fourth-order valence-corrected chi connectivity index (χ4v) is 4.57. The topological polar surface area (TPSA) is 44.8 Å². The fraction of sp³-hybridized carbons (Fsp3) is 0.500. The van der Waals surface area contributed by atoms with Gasteiger partial charge in [0, 0.05) is 38.6 Å². The third-order valence-electron chi connectivity index (χ3n) is 6.58.